The van der Waals surface area contributed by atoms with Gasteiger partial charge in [0.05, 0.1) is 15.2 Å². The van der Waals surface area contributed by atoms with Gasteiger partial charge in [-0.15, -0.1) is 11.3 Å². The molecule has 2 amide bonds. The standard InChI is InChI=1S/C20H20N4O2S/c1-2-18-23-15-6-5-14(11-16(15)27-18)20(26)22-12-13-7-8-21-17(10-13)24-9-3-4-19(24)25/h5-8,10-11H,2-4,9,12H2,1H3,(H,22,26). The van der Waals surface area contributed by atoms with Crippen LogP contribution in [0.2, 0.25) is 0 Å². The molecule has 0 aliphatic carbocycles. The van der Waals surface area contributed by atoms with Crippen molar-refractivity contribution in [3.63, 3.8) is 0 Å². The maximum Gasteiger partial charge on any atom is 0.251 e. The Morgan fingerprint density at radius 1 is 1.30 bits per heavy atom. The molecule has 1 aliphatic rings. The summed E-state index contributed by atoms with van der Waals surface area (Å²) in [7, 11) is 0. The molecule has 7 heteroatoms. The molecule has 0 unspecified atom stereocenters. The van der Waals surface area contributed by atoms with Crippen molar-refractivity contribution in [2.45, 2.75) is 32.7 Å². The first-order valence-corrected chi connectivity index (χ1v) is 9.88. The smallest absolute Gasteiger partial charge is 0.251 e. The highest BCUT2D eigenvalue weighted by atomic mass is 32.1. The molecule has 27 heavy (non-hydrogen) atoms. The third-order valence-electron chi connectivity index (χ3n) is 4.61. The Bertz CT molecular complexity index is 1010. The molecular formula is C20H20N4O2S. The number of carbonyl (C=O) groups is 2. The number of hydrogen-bond donors (Lipinski definition) is 1. The molecule has 6 nitrogen and oxygen atoms in total. The van der Waals surface area contributed by atoms with E-state index < -0.39 is 0 Å². The van der Waals surface area contributed by atoms with Gasteiger partial charge in [-0.2, -0.15) is 0 Å². The Labute approximate surface area is 161 Å². The molecule has 0 atom stereocenters. The molecule has 1 saturated heterocycles. The minimum atomic E-state index is -0.126. The Morgan fingerprint density at radius 3 is 2.96 bits per heavy atom. The van der Waals surface area contributed by atoms with Gasteiger partial charge in [-0.05, 0) is 48.7 Å². The van der Waals surface area contributed by atoms with Crippen LogP contribution in [0.25, 0.3) is 10.2 Å². The second kappa shape index (κ2) is 7.44. The van der Waals surface area contributed by atoms with Crippen molar-refractivity contribution in [2.75, 3.05) is 11.4 Å². The third kappa shape index (κ3) is 3.68. The number of anilines is 1. The summed E-state index contributed by atoms with van der Waals surface area (Å²) < 4.78 is 1.03. The predicted molar refractivity (Wildman–Crippen MR) is 106 cm³/mol. The average Bonchev–Trinajstić information content (AvgIpc) is 3.31. The van der Waals surface area contributed by atoms with E-state index in [1.807, 2.05) is 24.3 Å². The van der Waals surface area contributed by atoms with Crippen LogP contribution >= 0.6 is 11.3 Å². The first-order valence-electron chi connectivity index (χ1n) is 9.07. The summed E-state index contributed by atoms with van der Waals surface area (Å²) in [5.74, 6) is 0.634. The van der Waals surface area contributed by atoms with Gasteiger partial charge in [0, 0.05) is 31.3 Å². The molecule has 0 spiro atoms. The van der Waals surface area contributed by atoms with E-state index in [1.165, 1.54) is 0 Å². The largest absolute Gasteiger partial charge is 0.348 e. The monoisotopic (exact) mass is 380 g/mol. The van der Waals surface area contributed by atoms with Crippen LogP contribution in [0, 0.1) is 0 Å². The zero-order chi connectivity index (χ0) is 18.8. The summed E-state index contributed by atoms with van der Waals surface area (Å²) in [5.41, 5.74) is 2.47. The van der Waals surface area contributed by atoms with Crippen molar-refractivity contribution >= 4 is 39.2 Å². The van der Waals surface area contributed by atoms with Crippen molar-refractivity contribution in [3.8, 4) is 0 Å². The summed E-state index contributed by atoms with van der Waals surface area (Å²) in [6, 6.07) is 9.30. The van der Waals surface area contributed by atoms with Crippen LogP contribution in [0.15, 0.2) is 36.5 Å². The molecule has 1 aliphatic heterocycles. The van der Waals surface area contributed by atoms with Gasteiger partial charge in [-0.1, -0.05) is 6.92 Å². The minimum Gasteiger partial charge on any atom is -0.348 e. The SMILES string of the molecule is CCc1nc2ccc(C(=O)NCc3ccnc(N4CCCC4=O)c3)cc2s1. The van der Waals surface area contributed by atoms with Gasteiger partial charge in [-0.25, -0.2) is 9.97 Å². The summed E-state index contributed by atoms with van der Waals surface area (Å²) in [4.78, 5) is 34.9. The van der Waals surface area contributed by atoms with E-state index in [-0.39, 0.29) is 11.8 Å². The fourth-order valence-corrected chi connectivity index (χ4v) is 4.10. The maximum absolute atomic E-state index is 12.5. The molecule has 138 valence electrons. The summed E-state index contributed by atoms with van der Waals surface area (Å²) in [6.45, 7) is 3.16. The lowest BCUT2D eigenvalue weighted by Crippen LogP contribution is -2.26. The Balaban J connectivity index is 1.45. The van der Waals surface area contributed by atoms with Crippen LogP contribution in [-0.2, 0) is 17.8 Å². The van der Waals surface area contributed by atoms with E-state index in [9.17, 15) is 9.59 Å². The van der Waals surface area contributed by atoms with Crippen molar-refractivity contribution in [3.05, 3.63) is 52.7 Å². The van der Waals surface area contributed by atoms with E-state index in [2.05, 4.69) is 22.2 Å². The molecule has 3 heterocycles. The zero-order valence-corrected chi connectivity index (χ0v) is 15.9. The summed E-state index contributed by atoms with van der Waals surface area (Å²) in [5, 5.41) is 4.02. The summed E-state index contributed by atoms with van der Waals surface area (Å²) in [6.07, 6.45) is 4.01. The van der Waals surface area contributed by atoms with Gasteiger partial charge in [-0.3, -0.25) is 14.5 Å². The number of aryl methyl sites for hydroxylation is 1. The number of thiazole rings is 1. The van der Waals surface area contributed by atoms with Crippen LogP contribution < -0.4 is 10.2 Å². The van der Waals surface area contributed by atoms with Crippen molar-refractivity contribution in [1.82, 2.24) is 15.3 Å². The summed E-state index contributed by atoms with van der Waals surface area (Å²) >= 11 is 1.62. The van der Waals surface area contributed by atoms with Crippen molar-refractivity contribution in [2.24, 2.45) is 0 Å². The van der Waals surface area contributed by atoms with Crippen LogP contribution in [0.3, 0.4) is 0 Å². The Morgan fingerprint density at radius 2 is 2.19 bits per heavy atom. The van der Waals surface area contributed by atoms with Gasteiger partial charge in [0.15, 0.2) is 0 Å². The number of pyridine rings is 1. The first kappa shape index (κ1) is 17.6. The van der Waals surface area contributed by atoms with E-state index in [0.29, 0.717) is 30.9 Å². The number of carbonyl (C=O) groups excluding carboxylic acids is 2. The topological polar surface area (TPSA) is 75.2 Å². The van der Waals surface area contributed by atoms with Gasteiger partial charge in [0.25, 0.3) is 5.91 Å². The van der Waals surface area contributed by atoms with Gasteiger partial charge in [0.1, 0.15) is 5.82 Å². The molecule has 0 saturated carbocycles. The molecule has 4 rings (SSSR count). The lowest BCUT2D eigenvalue weighted by atomic mass is 10.2. The number of fused-ring (bicyclic) bond motifs is 1. The molecule has 0 bridgehead atoms. The lowest BCUT2D eigenvalue weighted by Gasteiger charge is -2.15. The van der Waals surface area contributed by atoms with Crippen LogP contribution in [0.1, 0.15) is 40.7 Å². The Hall–Kier alpha value is -2.80. The number of aromatic nitrogens is 2. The van der Waals surface area contributed by atoms with Crippen molar-refractivity contribution < 1.29 is 9.59 Å². The normalized spacial score (nSPS) is 14.1. The Kier molecular flexibility index (Phi) is 4.85. The quantitative estimate of drug-likeness (QED) is 0.737. The van der Waals surface area contributed by atoms with Gasteiger partial charge in [0.2, 0.25) is 5.91 Å². The second-order valence-electron chi connectivity index (χ2n) is 6.50. The predicted octanol–water partition coefficient (Wildman–Crippen LogP) is 3.31. The highest BCUT2D eigenvalue weighted by Gasteiger charge is 2.22. The number of amides is 2. The number of benzene rings is 1. The number of hydrogen-bond acceptors (Lipinski definition) is 5. The molecule has 1 aromatic carbocycles. The molecule has 1 N–H and O–H groups in total. The zero-order valence-electron chi connectivity index (χ0n) is 15.1. The van der Waals surface area contributed by atoms with Crippen molar-refractivity contribution in [1.29, 1.82) is 0 Å². The number of nitrogens with zero attached hydrogens (tertiary/aromatic N) is 3. The van der Waals surface area contributed by atoms with E-state index >= 15 is 0 Å². The highest BCUT2D eigenvalue weighted by molar-refractivity contribution is 7.18. The average molecular weight is 380 g/mol. The van der Waals surface area contributed by atoms with Gasteiger partial charge < -0.3 is 5.32 Å². The third-order valence-corrected chi connectivity index (χ3v) is 5.77. The number of nitrogens with one attached hydrogen (secondary N) is 1. The fourth-order valence-electron chi connectivity index (χ4n) is 3.16. The van der Waals surface area contributed by atoms with E-state index in [0.717, 1.165) is 33.6 Å². The van der Waals surface area contributed by atoms with Crippen LogP contribution in [-0.4, -0.2) is 28.3 Å². The fraction of sp³-hybridized carbons (Fsp3) is 0.300. The van der Waals surface area contributed by atoms with Gasteiger partial charge >= 0.3 is 0 Å². The van der Waals surface area contributed by atoms with Crippen LogP contribution in [0.4, 0.5) is 5.82 Å². The lowest BCUT2D eigenvalue weighted by molar-refractivity contribution is -0.117. The minimum absolute atomic E-state index is 0.105. The second-order valence-corrected chi connectivity index (χ2v) is 7.61. The first-order chi connectivity index (χ1) is 13.1. The molecule has 2 aromatic heterocycles. The number of rotatable bonds is 5. The van der Waals surface area contributed by atoms with Crippen LogP contribution in [0.5, 0.6) is 0 Å². The molecule has 3 aromatic rings. The maximum atomic E-state index is 12.5. The van der Waals surface area contributed by atoms with E-state index in [4.69, 9.17) is 0 Å². The molecular weight excluding hydrogens is 360 g/mol. The van der Waals surface area contributed by atoms with E-state index in [1.54, 1.807) is 28.5 Å². The highest BCUT2D eigenvalue weighted by Crippen LogP contribution is 2.24. The molecule has 0 radical (unpaired) electrons. The molecule has 1 fully saturated rings.